The Bertz CT molecular complexity index is 327. The van der Waals surface area contributed by atoms with Crippen LogP contribution in [-0.4, -0.2) is 17.8 Å². The third-order valence-electron chi connectivity index (χ3n) is 3.29. The summed E-state index contributed by atoms with van der Waals surface area (Å²) in [6, 6.07) is 8.17. The van der Waals surface area contributed by atoms with Crippen molar-refractivity contribution in [2.75, 3.05) is 6.61 Å². The van der Waals surface area contributed by atoms with Crippen LogP contribution in [0.1, 0.15) is 31.2 Å². The molecule has 0 amide bonds. The minimum Gasteiger partial charge on any atom is -0.493 e. The van der Waals surface area contributed by atoms with Gasteiger partial charge in [0.05, 0.1) is 12.7 Å². The van der Waals surface area contributed by atoms with Crippen LogP contribution in [0.3, 0.4) is 0 Å². The van der Waals surface area contributed by atoms with E-state index in [1.807, 2.05) is 12.1 Å². The Morgan fingerprint density at radius 2 is 2.00 bits per heavy atom. The molecule has 0 atom stereocenters. The molecule has 2 heteroatoms. The van der Waals surface area contributed by atoms with Crippen molar-refractivity contribution in [2.45, 2.75) is 38.7 Å². The summed E-state index contributed by atoms with van der Waals surface area (Å²) in [4.78, 5) is 0. The van der Waals surface area contributed by atoms with Crippen molar-refractivity contribution in [1.82, 2.24) is 0 Å². The van der Waals surface area contributed by atoms with Crippen molar-refractivity contribution < 1.29 is 9.84 Å². The second-order valence-electron chi connectivity index (χ2n) is 4.80. The number of benzene rings is 1. The lowest BCUT2D eigenvalue weighted by molar-refractivity contribution is 0.0917. The molecule has 0 heterocycles. The zero-order valence-corrected chi connectivity index (χ0v) is 9.86. The van der Waals surface area contributed by atoms with Gasteiger partial charge in [0.25, 0.3) is 0 Å². The van der Waals surface area contributed by atoms with Crippen LogP contribution in [0.5, 0.6) is 5.75 Å². The van der Waals surface area contributed by atoms with E-state index in [-0.39, 0.29) is 6.10 Å². The summed E-state index contributed by atoms with van der Waals surface area (Å²) in [5.74, 6) is 1.58. The predicted octanol–water partition coefficient (Wildman–Crippen LogP) is 2.92. The highest BCUT2D eigenvalue weighted by Gasteiger charge is 2.19. The molecular weight excluding hydrogens is 200 g/mol. The number of rotatable bonds is 3. The lowest BCUT2D eigenvalue weighted by Gasteiger charge is -2.25. The summed E-state index contributed by atoms with van der Waals surface area (Å²) in [6.07, 6.45) is 3.97. The molecule has 2 nitrogen and oxygen atoms in total. The van der Waals surface area contributed by atoms with Gasteiger partial charge in [-0.05, 0) is 56.2 Å². The van der Waals surface area contributed by atoms with E-state index in [1.165, 1.54) is 5.56 Å². The van der Waals surface area contributed by atoms with Crippen LogP contribution in [0.25, 0.3) is 0 Å². The summed E-state index contributed by atoms with van der Waals surface area (Å²) >= 11 is 0. The van der Waals surface area contributed by atoms with Crippen molar-refractivity contribution in [1.29, 1.82) is 0 Å². The van der Waals surface area contributed by atoms with Crippen molar-refractivity contribution >= 4 is 0 Å². The van der Waals surface area contributed by atoms with Gasteiger partial charge in [-0.25, -0.2) is 0 Å². The molecule has 0 aliphatic heterocycles. The van der Waals surface area contributed by atoms with E-state index in [9.17, 15) is 5.11 Å². The molecule has 1 aliphatic carbocycles. The molecule has 1 aromatic rings. The summed E-state index contributed by atoms with van der Waals surface area (Å²) in [6.45, 7) is 2.86. The molecule has 0 aromatic heterocycles. The summed E-state index contributed by atoms with van der Waals surface area (Å²) in [7, 11) is 0. The molecule has 1 aromatic carbocycles. The van der Waals surface area contributed by atoms with Gasteiger partial charge in [0.2, 0.25) is 0 Å². The Hall–Kier alpha value is -1.02. The fourth-order valence-electron chi connectivity index (χ4n) is 2.23. The highest BCUT2D eigenvalue weighted by atomic mass is 16.5. The topological polar surface area (TPSA) is 29.5 Å². The fraction of sp³-hybridized carbons (Fsp3) is 0.571. The first kappa shape index (κ1) is 11.5. The average molecular weight is 220 g/mol. The Labute approximate surface area is 97.3 Å². The summed E-state index contributed by atoms with van der Waals surface area (Å²) in [5.41, 5.74) is 1.23. The predicted molar refractivity (Wildman–Crippen MR) is 64.6 cm³/mol. The van der Waals surface area contributed by atoms with E-state index in [0.717, 1.165) is 38.0 Å². The van der Waals surface area contributed by atoms with Gasteiger partial charge >= 0.3 is 0 Å². The van der Waals surface area contributed by atoms with E-state index in [4.69, 9.17) is 4.74 Å². The third-order valence-corrected chi connectivity index (χ3v) is 3.29. The highest BCUT2D eigenvalue weighted by Crippen LogP contribution is 2.25. The summed E-state index contributed by atoms with van der Waals surface area (Å²) in [5, 5.41) is 9.41. The number of ether oxygens (including phenoxy) is 1. The van der Waals surface area contributed by atoms with Crippen LogP contribution in [0.15, 0.2) is 24.3 Å². The van der Waals surface area contributed by atoms with Crippen molar-refractivity contribution in [3.63, 3.8) is 0 Å². The average Bonchev–Trinajstić information content (AvgIpc) is 2.28. The monoisotopic (exact) mass is 220 g/mol. The smallest absolute Gasteiger partial charge is 0.119 e. The van der Waals surface area contributed by atoms with Gasteiger partial charge < -0.3 is 9.84 Å². The fourth-order valence-corrected chi connectivity index (χ4v) is 2.23. The number of aryl methyl sites for hydroxylation is 1. The standard InChI is InChI=1S/C14H20O2/c1-11-3-2-4-14(9-11)16-10-12-5-7-13(15)8-6-12/h2-4,9,12-13,15H,5-8,10H2,1H3. The molecule has 1 saturated carbocycles. The first-order chi connectivity index (χ1) is 7.74. The first-order valence-electron chi connectivity index (χ1n) is 6.11. The minimum absolute atomic E-state index is 0.0739. The van der Waals surface area contributed by atoms with Crippen LogP contribution in [0, 0.1) is 12.8 Å². The van der Waals surface area contributed by atoms with Crippen LogP contribution >= 0.6 is 0 Å². The molecule has 2 rings (SSSR count). The quantitative estimate of drug-likeness (QED) is 0.848. The van der Waals surface area contributed by atoms with Gasteiger partial charge in [-0.2, -0.15) is 0 Å². The lowest BCUT2D eigenvalue weighted by atomic mass is 9.88. The van der Waals surface area contributed by atoms with Crippen LogP contribution < -0.4 is 4.74 Å². The van der Waals surface area contributed by atoms with E-state index in [0.29, 0.717) is 5.92 Å². The number of aliphatic hydroxyl groups is 1. The molecule has 0 saturated heterocycles. The largest absolute Gasteiger partial charge is 0.493 e. The van der Waals surface area contributed by atoms with Gasteiger partial charge in [-0.3, -0.25) is 0 Å². The first-order valence-corrected chi connectivity index (χ1v) is 6.11. The molecular formula is C14H20O2. The van der Waals surface area contributed by atoms with Crippen molar-refractivity contribution in [3.8, 4) is 5.75 Å². The minimum atomic E-state index is -0.0739. The molecule has 0 radical (unpaired) electrons. The molecule has 1 fully saturated rings. The highest BCUT2D eigenvalue weighted by molar-refractivity contribution is 5.27. The molecule has 88 valence electrons. The number of aliphatic hydroxyl groups excluding tert-OH is 1. The molecule has 0 unspecified atom stereocenters. The second-order valence-corrected chi connectivity index (χ2v) is 4.80. The van der Waals surface area contributed by atoms with Gasteiger partial charge in [0, 0.05) is 0 Å². The summed E-state index contributed by atoms with van der Waals surface area (Å²) < 4.78 is 5.78. The molecule has 16 heavy (non-hydrogen) atoms. The third kappa shape index (κ3) is 3.24. The SMILES string of the molecule is Cc1cccc(OCC2CCC(O)CC2)c1. The Kier molecular flexibility index (Phi) is 3.83. The Morgan fingerprint density at radius 1 is 1.25 bits per heavy atom. The van der Waals surface area contributed by atoms with E-state index < -0.39 is 0 Å². The van der Waals surface area contributed by atoms with Crippen LogP contribution in [-0.2, 0) is 0 Å². The second kappa shape index (κ2) is 5.35. The maximum atomic E-state index is 9.41. The van der Waals surface area contributed by atoms with Crippen LogP contribution in [0.4, 0.5) is 0 Å². The zero-order chi connectivity index (χ0) is 11.4. The molecule has 0 bridgehead atoms. The maximum absolute atomic E-state index is 9.41. The Morgan fingerprint density at radius 3 is 2.69 bits per heavy atom. The molecule has 1 N–H and O–H groups in total. The van der Waals surface area contributed by atoms with E-state index >= 15 is 0 Å². The van der Waals surface area contributed by atoms with Crippen LogP contribution in [0.2, 0.25) is 0 Å². The van der Waals surface area contributed by atoms with Crippen molar-refractivity contribution in [2.24, 2.45) is 5.92 Å². The zero-order valence-electron chi connectivity index (χ0n) is 9.86. The number of hydrogen-bond acceptors (Lipinski definition) is 2. The van der Waals surface area contributed by atoms with Gasteiger partial charge in [0.1, 0.15) is 5.75 Å². The van der Waals surface area contributed by atoms with E-state index in [1.54, 1.807) is 0 Å². The van der Waals surface area contributed by atoms with E-state index in [2.05, 4.69) is 19.1 Å². The Balaban J connectivity index is 1.79. The maximum Gasteiger partial charge on any atom is 0.119 e. The van der Waals surface area contributed by atoms with Crippen molar-refractivity contribution in [3.05, 3.63) is 29.8 Å². The van der Waals surface area contributed by atoms with Gasteiger partial charge in [0.15, 0.2) is 0 Å². The molecule has 0 spiro atoms. The van der Waals surface area contributed by atoms with Gasteiger partial charge in [-0.1, -0.05) is 12.1 Å². The normalized spacial score (nSPS) is 25.4. The van der Waals surface area contributed by atoms with Gasteiger partial charge in [-0.15, -0.1) is 0 Å². The lowest BCUT2D eigenvalue weighted by Crippen LogP contribution is -2.22. The molecule has 1 aliphatic rings. The number of hydrogen-bond donors (Lipinski definition) is 1.